The number of hydrogen-bond acceptors (Lipinski definition) is 6. The van der Waals surface area contributed by atoms with E-state index in [2.05, 4.69) is 34.9 Å². The van der Waals surface area contributed by atoms with Crippen LogP contribution in [0.2, 0.25) is 10.0 Å². The third-order valence-corrected chi connectivity index (χ3v) is 13.2. The molecule has 0 aromatic heterocycles. The number of carbonyl (C=O) groups is 4. The molecule has 372 valence electrons. The highest BCUT2D eigenvalue weighted by molar-refractivity contribution is 6.31. The van der Waals surface area contributed by atoms with E-state index in [1.54, 1.807) is 38.4 Å². The number of para-hydroxylation sites is 2. The lowest BCUT2D eigenvalue weighted by molar-refractivity contribution is -0.126. The zero-order valence-corrected chi connectivity index (χ0v) is 42.6. The maximum atomic E-state index is 13.8. The van der Waals surface area contributed by atoms with E-state index in [0.717, 1.165) is 22.3 Å². The Labute approximate surface area is 433 Å². The fraction of sp³-hybridized carbons (Fsp3) is 0.267. The van der Waals surface area contributed by atoms with Gasteiger partial charge < -0.3 is 29.9 Å². The molecule has 12 heteroatoms. The summed E-state index contributed by atoms with van der Waals surface area (Å²) >= 11 is 12.5. The number of ether oxygens (including phenoxy) is 2. The Hall–Kier alpha value is -7.14. The molecular formula is C60H62Cl2N4O6. The summed E-state index contributed by atoms with van der Waals surface area (Å²) in [7, 11) is 3.35. The SMILES string of the molecule is C[C@@H]1C/C=C/C[C@H](c2cccc(Cl)c2)NC(=O)[C@@H](Cc2ccccc2)N(C)C(=O)c2ccccc2O1.C[C@@H]1C/C=C\C[C@H](c2cccc(Cl)c2)NC(=O)[C@@H](Cc2ccccc2)N(C)C(=O)c2ccccc2O1. The first-order valence-corrected chi connectivity index (χ1v) is 25.1. The second-order valence-corrected chi connectivity index (χ2v) is 19.1. The van der Waals surface area contributed by atoms with Crippen molar-refractivity contribution in [2.45, 2.75) is 88.7 Å². The first-order chi connectivity index (χ1) is 34.8. The molecule has 0 fully saturated rings. The molecule has 2 aliphatic heterocycles. The summed E-state index contributed by atoms with van der Waals surface area (Å²) in [6.07, 6.45) is 11.3. The Morgan fingerprint density at radius 1 is 0.472 bits per heavy atom. The third kappa shape index (κ3) is 14.5. The normalized spacial score (nSPS) is 22.1. The second-order valence-electron chi connectivity index (χ2n) is 18.2. The van der Waals surface area contributed by atoms with Crippen molar-refractivity contribution in [3.63, 3.8) is 0 Å². The quantitative estimate of drug-likeness (QED) is 0.161. The predicted molar refractivity (Wildman–Crippen MR) is 287 cm³/mol. The summed E-state index contributed by atoms with van der Waals surface area (Å²) in [5.74, 6) is 0.0568. The van der Waals surface area contributed by atoms with Crippen molar-refractivity contribution in [1.29, 1.82) is 0 Å². The van der Waals surface area contributed by atoms with Gasteiger partial charge >= 0.3 is 0 Å². The molecule has 0 spiro atoms. The molecule has 6 aromatic carbocycles. The van der Waals surface area contributed by atoms with Crippen molar-refractivity contribution in [1.82, 2.24) is 20.4 Å². The standard InChI is InChI=1S/2C30H31ClN2O3/c2*1-21-11-6-8-17-26(23-14-10-15-24(31)20-23)32-29(34)27(19-22-12-4-3-5-13-22)33(2)30(35)25-16-7-9-18-28(25)36-21/h2*3-10,12-16,18,20-21,26-27H,11,17,19H2,1-2H3,(H,32,34)/b8-6+;8-6-/t2*21-,26-,27-/m11/s1. The van der Waals surface area contributed by atoms with Crippen molar-refractivity contribution in [3.05, 3.63) is 225 Å². The monoisotopic (exact) mass is 1000 g/mol. The number of amides is 4. The molecule has 0 bridgehead atoms. The van der Waals surface area contributed by atoms with Crippen molar-refractivity contribution < 1.29 is 28.7 Å². The maximum Gasteiger partial charge on any atom is 0.258 e. The molecule has 0 unspecified atom stereocenters. The molecule has 0 saturated heterocycles. The lowest BCUT2D eigenvalue weighted by Gasteiger charge is -2.30. The van der Waals surface area contributed by atoms with E-state index in [1.807, 2.05) is 147 Å². The van der Waals surface area contributed by atoms with Crippen LogP contribution in [0.4, 0.5) is 0 Å². The van der Waals surface area contributed by atoms with E-state index in [9.17, 15) is 19.2 Å². The molecule has 6 atom stereocenters. The highest BCUT2D eigenvalue weighted by atomic mass is 35.5. The topological polar surface area (TPSA) is 117 Å². The lowest BCUT2D eigenvalue weighted by Crippen LogP contribution is -2.49. The maximum absolute atomic E-state index is 13.8. The molecule has 0 aliphatic carbocycles. The van der Waals surface area contributed by atoms with Crippen LogP contribution in [-0.2, 0) is 22.4 Å². The van der Waals surface area contributed by atoms with Crippen molar-refractivity contribution >= 4 is 46.8 Å². The smallest absolute Gasteiger partial charge is 0.258 e. The van der Waals surface area contributed by atoms with Crippen LogP contribution in [0, 0.1) is 0 Å². The Morgan fingerprint density at radius 3 is 1.22 bits per heavy atom. The van der Waals surface area contributed by atoms with E-state index < -0.39 is 12.1 Å². The van der Waals surface area contributed by atoms with Crippen molar-refractivity contribution in [2.75, 3.05) is 14.1 Å². The Balaban J connectivity index is 0.000000211. The number of likely N-dealkylation sites (N-methyl/N-ethyl adjacent to an activating group) is 2. The van der Waals surface area contributed by atoms with Crippen LogP contribution in [-0.4, -0.2) is 71.8 Å². The number of fused-ring (bicyclic) bond motifs is 2. The average Bonchev–Trinajstić information content (AvgIpc) is 3.38. The van der Waals surface area contributed by atoms with Crippen molar-refractivity contribution in [2.24, 2.45) is 0 Å². The molecule has 72 heavy (non-hydrogen) atoms. The van der Waals surface area contributed by atoms with Crippen LogP contribution in [0.25, 0.3) is 0 Å². The molecule has 6 aromatic rings. The van der Waals surface area contributed by atoms with Gasteiger partial charge in [-0.25, -0.2) is 0 Å². The van der Waals surface area contributed by atoms with Gasteiger partial charge in [-0.15, -0.1) is 0 Å². The van der Waals surface area contributed by atoms with Gasteiger partial charge in [0, 0.05) is 49.8 Å². The molecule has 8 rings (SSSR count). The van der Waals surface area contributed by atoms with Crippen LogP contribution in [0.1, 0.15) is 94.6 Å². The van der Waals surface area contributed by atoms with E-state index in [-0.39, 0.29) is 47.9 Å². The third-order valence-electron chi connectivity index (χ3n) is 12.8. The van der Waals surface area contributed by atoms with Gasteiger partial charge in [0.1, 0.15) is 23.6 Å². The molecule has 2 N–H and O–H groups in total. The number of halogens is 2. The molecule has 2 heterocycles. The predicted octanol–water partition coefficient (Wildman–Crippen LogP) is 12.0. The van der Waals surface area contributed by atoms with Crippen LogP contribution >= 0.6 is 23.2 Å². The van der Waals surface area contributed by atoms with E-state index >= 15 is 0 Å². The molecule has 0 radical (unpaired) electrons. The average molecular weight is 1010 g/mol. The first kappa shape index (κ1) is 52.7. The molecular weight excluding hydrogens is 944 g/mol. The van der Waals surface area contributed by atoms with Gasteiger partial charge in [0.2, 0.25) is 11.8 Å². The Morgan fingerprint density at radius 2 is 0.833 bits per heavy atom. The Bertz CT molecular complexity index is 2650. The minimum Gasteiger partial charge on any atom is -0.490 e. The number of rotatable bonds is 6. The largest absolute Gasteiger partial charge is 0.490 e. The summed E-state index contributed by atoms with van der Waals surface area (Å²) in [4.78, 5) is 58.0. The summed E-state index contributed by atoms with van der Waals surface area (Å²) < 4.78 is 12.3. The van der Waals surface area contributed by atoms with Crippen LogP contribution in [0.5, 0.6) is 11.5 Å². The minimum atomic E-state index is -0.723. The van der Waals surface area contributed by atoms with Gasteiger partial charge in [0.05, 0.1) is 35.4 Å². The van der Waals surface area contributed by atoms with E-state index in [0.29, 0.717) is 71.2 Å². The van der Waals surface area contributed by atoms with Crippen molar-refractivity contribution in [3.8, 4) is 11.5 Å². The molecule has 2 aliphatic rings. The van der Waals surface area contributed by atoms with Gasteiger partial charge in [0.25, 0.3) is 11.8 Å². The zero-order chi connectivity index (χ0) is 51.0. The summed E-state index contributed by atoms with van der Waals surface area (Å²) in [5.41, 5.74) is 4.63. The number of nitrogens with one attached hydrogen (secondary N) is 2. The Kier molecular flexibility index (Phi) is 18.9. The summed E-state index contributed by atoms with van der Waals surface area (Å²) in [6, 6.07) is 46.9. The summed E-state index contributed by atoms with van der Waals surface area (Å²) in [5, 5.41) is 7.61. The number of benzene rings is 6. The van der Waals surface area contributed by atoms with Gasteiger partial charge in [0.15, 0.2) is 0 Å². The summed E-state index contributed by atoms with van der Waals surface area (Å²) in [6.45, 7) is 3.96. The fourth-order valence-electron chi connectivity index (χ4n) is 8.75. The first-order valence-electron chi connectivity index (χ1n) is 24.4. The van der Waals surface area contributed by atoms with Gasteiger partial charge in [-0.3, -0.25) is 19.2 Å². The van der Waals surface area contributed by atoms with Gasteiger partial charge in [-0.05, 0) is 97.5 Å². The molecule has 10 nitrogen and oxygen atoms in total. The van der Waals surface area contributed by atoms with E-state index in [4.69, 9.17) is 32.7 Å². The van der Waals surface area contributed by atoms with Gasteiger partial charge in [-0.1, -0.05) is 157 Å². The number of hydrogen-bond donors (Lipinski definition) is 2. The second kappa shape index (κ2) is 25.8. The molecule has 0 saturated carbocycles. The minimum absolute atomic E-state index is 0.122. The highest BCUT2D eigenvalue weighted by Crippen LogP contribution is 2.29. The lowest BCUT2D eigenvalue weighted by atomic mass is 9.99. The molecule has 4 amide bonds. The fourth-order valence-corrected chi connectivity index (χ4v) is 9.15. The van der Waals surface area contributed by atoms with Crippen LogP contribution in [0.3, 0.4) is 0 Å². The number of nitrogens with zero attached hydrogens (tertiary/aromatic N) is 2. The number of carbonyl (C=O) groups excluding carboxylic acids is 4. The van der Waals surface area contributed by atoms with Gasteiger partial charge in [-0.2, -0.15) is 0 Å². The van der Waals surface area contributed by atoms with Crippen LogP contribution in [0.15, 0.2) is 182 Å². The van der Waals surface area contributed by atoms with E-state index in [1.165, 1.54) is 9.80 Å². The van der Waals surface area contributed by atoms with Crippen LogP contribution < -0.4 is 20.1 Å². The highest BCUT2D eigenvalue weighted by Gasteiger charge is 2.33. The zero-order valence-electron chi connectivity index (χ0n) is 41.1.